The third-order valence-electron chi connectivity index (χ3n) is 3.10. The van der Waals surface area contributed by atoms with Gasteiger partial charge < -0.3 is 9.52 Å². The van der Waals surface area contributed by atoms with E-state index in [-0.39, 0.29) is 17.4 Å². The summed E-state index contributed by atoms with van der Waals surface area (Å²) in [5.41, 5.74) is 1.28. The number of hydrogen-bond acceptors (Lipinski definition) is 6. The van der Waals surface area contributed by atoms with Crippen molar-refractivity contribution in [3.05, 3.63) is 71.2 Å². The molecule has 1 aromatic carbocycles. The monoisotopic (exact) mass is 314 g/mol. The predicted molar refractivity (Wildman–Crippen MR) is 77.0 cm³/mol. The molecule has 0 bridgehead atoms. The van der Waals surface area contributed by atoms with Crippen LogP contribution in [0.5, 0.6) is 0 Å². The summed E-state index contributed by atoms with van der Waals surface area (Å²) >= 11 is 0. The molecule has 0 unspecified atom stereocenters. The highest BCUT2D eigenvalue weighted by Crippen LogP contribution is 2.18. The number of aliphatic hydroxyl groups excluding tert-OH is 1. The van der Waals surface area contributed by atoms with Gasteiger partial charge in [0.1, 0.15) is 5.82 Å². The van der Waals surface area contributed by atoms with Crippen molar-refractivity contribution in [1.82, 2.24) is 20.6 Å². The van der Waals surface area contributed by atoms with Crippen molar-refractivity contribution in [3.8, 4) is 0 Å². The summed E-state index contributed by atoms with van der Waals surface area (Å²) in [4.78, 5) is 12.2. The zero-order chi connectivity index (χ0) is 16.2. The lowest BCUT2D eigenvalue weighted by atomic mass is 10.0. The molecule has 2 aromatic heterocycles. The van der Waals surface area contributed by atoms with Crippen LogP contribution in [0.15, 0.2) is 47.1 Å². The molecule has 0 saturated heterocycles. The summed E-state index contributed by atoms with van der Waals surface area (Å²) in [7, 11) is 0. The second kappa shape index (κ2) is 6.22. The fourth-order valence-corrected chi connectivity index (χ4v) is 2.08. The quantitative estimate of drug-likeness (QED) is 0.425. The first-order valence-electron chi connectivity index (χ1n) is 6.63. The number of aliphatic hydroxyl groups is 1. The maximum absolute atomic E-state index is 13.2. The summed E-state index contributed by atoms with van der Waals surface area (Å²) < 4.78 is 18.4. The van der Waals surface area contributed by atoms with E-state index in [1.165, 1.54) is 18.4 Å². The number of nitrogens with one attached hydrogen (secondary N) is 1. The number of benzene rings is 1. The SMILES string of the molecule is O=C(C=C(O)c1nn[nH]n1)c1occc1Cc1cccc(F)c1. The Bertz CT molecular complexity index is 855. The maximum Gasteiger partial charge on any atom is 0.239 e. The third kappa shape index (κ3) is 3.31. The van der Waals surface area contributed by atoms with Gasteiger partial charge in [0.05, 0.1) is 6.26 Å². The van der Waals surface area contributed by atoms with Crippen molar-refractivity contribution < 1.29 is 18.7 Å². The first kappa shape index (κ1) is 14.6. The molecule has 0 fully saturated rings. The van der Waals surface area contributed by atoms with Crippen LogP contribution >= 0.6 is 0 Å². The number of rotatable bonds is 5. The van der Waals surface area contributed by atoms with Gasteiger partial charge in [-0.3, -0.25) is 4.79 Å². The molecule has 2 heterocycles. The molecule has 0 aliphatic heterocycles. The van der Waals surface area contributed by atoms with E-state index < -0.39 is 11.5 Å². The Morgan fingerprint density at radius 2 is 2.26 bits per heavy atom. The Morgan fingerprint density at radius 3 is 3.00 bits per heavy atom. The Morgan fingerprint density at radius 1 is 1.39 bits per heavy atom. The van der Waals surface area contributed by atoms with E-state index in [1.807, 2.05) is 0 Å². The number of aromatic amines is 1. The Kier molecular flexibility index (Phi) is 3.96. The van der Waals surface area contributed by atoms with Crippen molar-refractivity contribution in [2.24, 2.45) is 0 Å². The number of aromatic nitrogens is 4. The average Bonchev–Trinajstić information content (AvgIpc) is 3.18. The minimum absolute atomic E-state index is 0.0595. The summed E-state index contributed by atoms with van der Waals surface area (Å²) in [5, 5.41) is 22.3. The van der Waals surface area contributed by atoms with Gasteiger partial charge in [-0.05, 0) is 29.0 Å². The zero-order valence-corrected chi connectivity index (χ0v) is 11.7. The van der Waals surface area contributed by atoms with Crippen LogP contribution in [-0.4, -0.2) is 31.5 Å². The number of allylic oxidation sites excluding steroid dienone is 1. The van der Waals surface area contributed by atoms with Gasteiger partial charge in [0, 0.05) is 18.1 Å². The number of furan rings is 1. The minimum atomic E-state index is -0.552. The average molecular weight is 314 g/mol. The van der Waals surface area contributed by atoms with Gasteiger partial charge in [0.2, 0.25) is 11.6 Å². The van der Waals surface area contributed by atoms with Gasteiger partial charge in [0.25, 0.3) is 0 Å². The number of H-pyrrole nitrogens is 1. The van der Waals surface area contributed by atoms with Crippen LogP contribution in [0.25, 0.3) is 5.76 Å². The lowest BCUT2D eigenvalue weighted by Gasteiger charge is -2.01. The first-order chi connectivity index (χ1) is 11.1. The van der Waals surface area contributed by atoms with Crippen LogP contribution in [0.4, 0.5) is 4.39 Å². The molecule has 0 amide bonds. The van der Waals surface area contributed by atoms with E-state index in [4.69, 9.17) is 4.42 Å². The second-order valence-electron chi connectivity index (χ2n) is 4.71. The van der Waals surface area contributed by atoms with E-state index in [1.54, 1.807) is 18.2 Å². The Labute approximate surface area is 129 Å². The molecule has 8 heteroatoms. The maximum atomic E-state index is 13.2. The van der Waals surface area contributed by atoms with Gasteiger partial charge in [-0.1, -0.05) is 12.1 Å². The molecule has 0 aliphatic carbocycles. The summed E-state index contributed by atoms with van der Waals surface area (Å²) in [6.45, 7) is 0. The molecule has 3 rings (SSSR count). The largest absolute Gasteiger partial charge is 0.504 e. The molecule has 0 radical (unpaired) electrons. The molecule has 0 atom stereocenters. The van der Waals surface area contributed by atoms with E-state index >= 15 is 0 Å². The van der Waals surface area contributed by atoms with Gasteiger partial charge >= 0.3 is 0 Å². The van der Waals surface area contributed by atoms with Gasteiger partial charge in [-0.25, -0.2) is 4.39 Å². The fraction of sp³-hybridized carbons (Fsp3) is 0.0667. The van der Waals surface area contributed by atoms with Gasteiger partial charge in [-0.15, -0.1) is 10.2 Å². The number of hydrogen-bond donors (Lipinski definition) is 2. The van der Waals surface area contributed by atoms with Crippen LogP contribution < -0.4 is 0 Å². The molecule has 116 valence electrons. The van der Waals surface area contributed by atoms with Crippen LogP contribution in [0.1, 0.15) is 27.5 Å². The number of ketones is 1. The summed E-state index contributed by atoms with van der Waals surface area (Å²) in [6.07, 6.45) is 2.63. The number of tetrazole rings is 1. The van der Waals surface area contributed by atoms with Crippen LogP contribution in [-0.2, 0) is 6.42 Å². The van der Waals surface area contributed by atoms with E-state index in [9.17, 15) is 14.3 Å². The molecular formula is C15H11FN4O3. The standard InChI is InChI=1S/C15H11FN4O3/c16-11-3-1-2-9(7-11)6-10-4-5-23-14(10)12(21)8-13(22)15-17-19-20-18-15/h1-5,7-8,22H,6H2,(H,17,18,19,20). The van der Waals surface area contributed by atoms with Gasteiger partial charge in [0.15, 0.2) is 11.5 Å². The predicted octanol–water partition coefficient (Wildman–Crippen LogP) is 2.30. The van der Waals surface area contributed by atoms with Crippen molar-refractivity contribution in [3.63, 3.8) is 0 Å². The second-order valence-corrected chi connectivity index (χ2v) is 4.71. The molecular weight excluding hydrogens is 303 g/mol. The normalized spacial score (nSPS) is 11.6. The summed E-state index contributed by atoms with van der Waals surface area (Å²) in [6, 6.07) is 7.69. The minimum Gasteiger partial charge on any atom is -0.504 e. The van der Waals surface area contributed by atoms with Crippen molar-refractivity contribution in [1.29, 1.82) is 0 Å². The van der Waals surface area contributed by atoms with Crippen LogP contribution in [0, 0.1) is 5.82 Å². The Balaban J connectivity index is 1.83. The molecule has 3 aromatic rings. The van der Waals surface area contributed by atoms with E-state index in [0.29, 0.717) is 17.5 Å². The summed E-state index contributed by atoms with van der Waals surface area (Å²) in [5.74, 6) is -1.38. The lowest BCUT2D eigenvalue weighted by molar-refractivity contribution is 0.102. The molecule has 7 nitrogen and oxygen atoms in total. The Hall–Kier alpha value is -3.29. The highest BCUT2D eigenvalue weighted by molar-refractivity contribution is 6.06. The van der Waals surface area contributed by atoms with Crippen LogP contribution in [0.2, 0.25) is 0 Å². The fourth-order valence-electron chi connectivity index (χ4n) is 2.08. The lowest BCUT2D eigenvalue weighted by Crippen LogP contribution is -2.01. The van der Waals surface area contributed by atoms with Crippen molar-refractivity contribution in [2.75, 3.05) is 0 Å². The van der Waals surface area contributed by atoms with Crippen LogP contribution in [0.3, 0.4) is 0 Å². The molecule has 0 aliphatic rings. The smallest absolute Gasteiger partial charge is 0.239 e. The topological polar surface area (TPSA) is 105 Å². The number of carbonyl (C=O) groups excluding carboxylic acids is 1. The third-order valence-corrected chi connectivity index (χ3v) is 3.10. The molecule has 0 spiro atoms. The van der Waals surface area contributed by atoms with E-state index in [2.05, 4.69) is 20.6 Å². The highest BCUT2D eigenvalue weighted by Gasteiger charge is 2.16. The highest BCUT2D eigenvalue weighted by atomic mass is 19.1. The van der Waals surface area contributed by atoms with Crippen molar-refractivity contribution in [2.45, 2.75) is 6.42 Å². The number of halogens is 1. The number of nitrogens with zero attached hydrogens (tertiary/aromatic N) is 3. The molecule has 0 saturated carbocycles. The number of carbonyl (C=O) groups is 1. The molecule has 23 heavy (non-hydrogen) atoms. The first-order valence-corrected chi connectivity index (χ1v) is 6.63. The molecule has 2 N–H and O–H groups in total. The van der Waals surface area contributed by atoms with Gasteiger partial charge in [-0.2, -0.15) is 5.21 Å². The van der Waals surface area contributed by atoms with Crippen molar-refractivity contribution >= 4 is 11.5 Å². The zero-order valence-electron chi connectivity index (χ0n) is 11.7. The van der Waals surface area contributed by atoms with E-state index in [0.717, 1.165) is 6.08 Å².